The lowest BCUT2D eigenvalue weighted by Crippen LogP contribution is -2.24. The highest BCUT2D eigenvalue weighted by molar-refractivity contribution is 5.64. The molecule has 2 atom stereocenters. The van der Waals surface area contributed by atoms with Gasteiger partial charge in [-0.2, -0.15) is 0 Å². The third-order valence-corrected chi connectivity index (χ3v) is 4.24. The van der Waals surface area contributed by atoms with Crippen molar-refractivity contribution < 1.29 is 9.66 Å². The number of nitrogens with one attached hydrogen (secondary N) is 1. The molecule has 1 N–H and O–H groups in total. The van der Waals surface area contributed by atoms with E-state index in [1.54, 1.807) is 19.2 Å². The summed E-state index contributed by atoms with van der Waals surface area (Å²) >= 11 is 0. The lowest BCUT2D eigenvalue weighted by molar-refractivity contribution is -0.384. The molecule has 0 bridgehead atoms. The Morgan fingerprint density at radius 1 is 1.40 bits per heavy atom. The van der Waals surface area contributed by atoms with E-state index in [0.717, 1.165) is 6.54 Å². The van der Waals surface area contributed by atoms with Crippen LogP contribution in [0.25, 0.3) is 0 Å². The van der Waals surface area contributed by atoms with Crippen molar-refractivity contribution in [2.24, 2.45) is 11.8 Å². The standard InChI is InChI=1S/C15H22N2O3/c1-11-5-3-4-6-12(11)10-16-14-9-13(20-2)7-8-15(14)17(18)19/h7-9,11-12,16H,3-6,10H2,1-2H3. The largest absolute Gasteiger partial charge is 0.497 e. The van der Waals surface area contributed by atoms with Crippen molar-refractivity contribution in [2.75, 3.05) is 19.0 Å². The molecule has 0 radical (unpaired) electrons. The van der Waals surface area contributed by atoms with E-state index in [1.807, 2.05) is 0 Å². The number of nitro groups is 1. The van der Waals surface area contributed by atoms with Crippen LogP contribution in [-0.2, 0) is 0 Å². The number of anilines is 1. The van der Waals surface area contributed by atoms with E-state index in [-0.39, 0.29) is 10.6 Å². The molecule has 5 heteroatoms. The molecule has 1 aliphatic rings. The van der Waals surface area contributed by atoms with Crippen LogP contribution >= 0.6 is 0 Å². The van der Waals surface area contributed by atoms with Gasteiger partial charge in [-0.15, -0.1) is 0 Å². The maximum Gasteiger partial charge on any atom is 0.292 e. The van der Waals surface area contributed by atoms with Crippen LogP contribution in [0.15, 0.2) is 18.2 Å². The summed E-state index contributed by atoms with van der Waals surface area (Å²) in [6.07, 6.45) is 5.02. The average molecular weight is 278 g/mol. The zero-order valence-electron chi connectivity index (χ0n) is 12.1. The van der Waals surface area contributed by atoms with Gasteiger partial charge >= 0.3 is 0 Å². The molecule has 1 fully saturated rings. The predicted molar refractivity (Wildman–Crippen MR) is 79.3 cm³/mol. The SMILES string of the molecule is COc1ccc([N+](=O)[O-])c(NCC2CCCCC2C)c1. The van der Waals surface area contributed by atoms with Crippen LogP contribution in [0, 0.1) is 22.0 Å². The topological polar surface area (TPSA) is 64.4 Å². The van der Waals surface area contributed by atoms with Crippen LogP contribution in [0.3, 0.4) is 0 Å². The summed E-state index contributed by atoms with van der Waals surface area (Å²) in [7, 11) is 1.56. The lowest BCUT2D eigenvalue weighted by atomic mass is 9.80. The van der Waals surface area contributed by atoms with Gasteiger partial charge in [0.2, 0.25) is 0 Å². The Kier molecular flexibility index (Phi) is 4.82. The molecular weight excluding hydrogens is 256 g/mol. The summed E-state index contributed by atoms with van der Waals surface area (Å²) in [5.41, 5.74) is 0.654. The number of hydrogen-bond acceptors (Lipinski definition) is 4. The second kappa shape index (κ2) is 6.59. The number of ether oxygens (including phenoxy) is 1. The minimum atomic E-state index is -0.355. The van der Waals surface area contributed by atoms with Gasteiger partial charge in [0.15, 0.2) is 0 Å². The molecule has 2 unspecified atom stereocenters. The van der Waals surface area contributed by atoms with Gasteiger partial charge < -0.3 is 10.1 Å². The molecule has 0 aliphatic heterocycles. The molecular formula is C15H22N2O3. The fourth-order valence-corrected chi connectivity index (χ4v) is 2.88. The fourth-order valence-electron chi connectivity index (χ4n) is 2.88. The molecule has 0 spiro atoms. The summed E-state index contributed by atoms with van der Waals surface area (Å²) in [6, 6.07) is 4.81. The van der Waals surface area contributed by atoms with E-state index in [9.17, 15) is 10.1 Å². The number of benzene rings is 1. The van der Waals surface area contributed by atoms with Gasteiger partial charge in [-0.25, -0.2) is 0 Å². The Hall–Kier alpha value is -1.78. The Bertz CT molecular complexity index is 476. The number of nitrogens with zero attached hydrogens (tertiary/aromatic N) is 1. The highest BCUT2D eigenvalue weighted by Gasteiger charge is 2.22. The van der Waals surface area contributed by atoms with Crippen molar-refractivity contribution in [3.05, 3.63) is 28.3 Å². The summed E-state index contributed by atoms with van der Waals surface area (Å²) in [5, 5.41) is 14.3. The molecule has 0 saturated heterocycles. The summed E-state index contributed by atoms with van der Waals surface area (Å²) in [6.45, 7) is 3.06. The maximum absolute atomic E-state index is 11.1. The lowest BCUT2D eigenvalue weighted by Gasteiger charge is -2.29. The molecule has 1 saturated carbocycles. The second-order valence-electron chi connectivity index (χ2n) is 5.54. The molecule has 110 valence electrons. The quantitative estimate of drug-likeness (QED) is 0.656. The van der Waals surface area contributed by atoms with Gasteiger partial charge in [0.1, 0.15) is 11.4 Å². The molecule has 1 aromatic carbocycles. The van der Waals surface area contributed by atoms with Crippen molar-refractivity contribution >= 4 is 11.4 Å². The predicted octanol–water partition coefficient (Wildman–Crippen LogP) is 3.84. The average Bonchev–Trinajstić information content (AvgIpc) is 2.46. The van der Waals surface area contributed by atoms with Crippen molar-refractivity contribution in [2.45, 2.75) is 32.6 Å². The summed E-state index contributed by atoms with van der Waals surface area (Å²) in [4.78, 5) is 10.7. The van der Waals surface area contributed by atoms with Gasteiger partial charge in [-0.05, 0) is 24.3 Å². The first-order valence-electron chi connectivity index (χ1n) is 7.18. The van der Waals surface area contributed by atoms with Gasteiger partial charge in [0.25, 0.3) is 5.69 Å². The zero-order valence-corrected chi connectivity index (χ0v) is 12.1. The first-order valence-corrected chi connectivity index (χ1v) is 7.18. The third-order valence-electron chi connectivity index (χ3n) is 4.24. The number of methoxy groups -OCH3 is 1. The van der Waals surface area contributed by atoms with Crippen LogP contribution < -0.4 is 10.1 Å². The molecule has 2 rings (SSSR count). The Labute approximate surface area is 119 Å². The summed E-state index contributed by atoms with van der Waals surface area (Å²) < 4.78 is 5.14. The molecule has 1 aromatic rings. The van der Waals surface area contributed by atoms with Crippen molar-refractivity contribution in [3.8, 4) is 5.75 Å². The van der Waals surface area contributed by atoms with Gasteiger partial charge in [0.05, 0.1) is 12.0 Å². The van der Waals surface area contributed by atoms with Crippen LogP contribution in [0.1, 0.15) is 32.6 Å². The van der Waals surface area contributed by atoms with Crippen molar-refractivity contribution in [1.82, 2.24) is 0 Å². The third kappa shape index (κ3) is 3.40. The molecule has 1 aliphatic carbocycles. The van der Waals surface area contributed by atoms with E-state index in [0.29, 0.717) is 23.3 Å². The van der Waals surface area contributed by atoms with Crippen molar-refractivity contribution in [3.63, 3.8) is 0 Å². The summed E-state index contributed by atoms with van der Waals surface area (Å²) in [5.74, 6) is 1.91. The van der Waals surface area contributed by atoms with E-state index in [1.165, 1.54) is 31.7 Å². The van der Waals surface area contributed by atoms with Gasteiger partial charge in [-0.3, -0.25) is 10.1 Å². The first-order chi connectivity index (χ1) is 9.61. The minimum Gasteiger partial charge on any atom is -0.497 e. The van der Waals surface area contributed by atoms with Gasteiger partial charge in [-0.1, -0.05) is 26.2 Å². The van der Waals surface area contributed by atoms with Crippen LogP contribution in [0.5, 0.6) is 5.75 Å². The zero-order chi connectivity index (χ0) is 14.5. The van der Waals surface area contributed by atoms with E-state index < -0.39 is 0 Å². The molecule has 20 heavy (non-hydrogen) atoms. The van der Waals surface area contributed by atoms with Crippen LogP contribution in [0.2, 0.25) is 0 Å². The van der Waals surface area contributed by atoms with Crippen LogP contribution in [-0.4, -0.2) is 18.6 Å². The number of nitro benzene ring substituents is 1. The highest BCUT2D eigenvalue weighted by Crippen LogP contribution is 2.32. The van der Waals surface area contributed by atoms with Crippen molar-refractivity contribution in [1.29, 1.82) is 0 Å². The molecule has 0 aromatic heterocycles. The number of rotatable bonds is 5. The monoisotopic (exact) mass is 278 g/mol. The second-order valence-corrected chi connectivity index (χ2v) is 5.54. The Morgan fingerprint density at radius 2 is 2.15 bits per heavy atom. The Morgan fingerprint density at radius 3 is 2.80 bits per heavy atom. The fraction of sp³-hybridized carbons (Fsp3) is 0.600. The first kappa shape index (κ1) is 14.6. The number of hydrogen-bond donors (Lipinski definition) is 1. The van der Waals surface area contributed by atoms with E-state index >= 15 is 0 Å². The molecule has 0 amide bonds. The Balaban J connectivity index is 2.08. The molecule has 0 heterocycles. The maximum atomic E-state index is 11.1. The van der Waals surface area contributed by atoms with E-state index in [4.69, 9.17) is 4.74 Å². The normalized spacial score (nSPS) is 22.3. The molecule has 5 nitrogen and oxygen atoms in total. The smallest absolute Gasteiger partial charge is 0.292 e. The highest BCUT2D eigenvalue weighted by atomic mass is 16.6. The minimum absolute atomic E-state index is 0.106. The van der Waals surface area contributed by atoms with Crippen LogP contribution in [0.4, 0.5) is 11.4 Å². The van der Waals surface area contributed by atoms with E-state index in [2.05, 4.69) is 12.2 Å². The van der Waals surface area contributed by atoms with Gasteiger partial charge in [0, 0.05) is 18.7 Å².